The average molecular weight is 502 g/mol. The van der Waals surface area contributed by atoms with Crippen LogP contribution in [-0.2, 0) is 0 Å². The lowest BCUT2D eigenvalue weighted by Gasteiger charge is -2.12. The molecule has 0 saturated heterocycles. The Morgan fingerprint density at radius 1 is 0.867 bits per heavy atom. The average Bonchev–Trinajstić information content (AvgIpc) is 2.65. The van der Waals surface area contributed by atoms with E-state index in [2.05, 4.69) is 4.74 Å². The van der Waals surface area contributed by atoms with E-state index in [4.69, 9.17) is 60.6 Å². The third-order valence-corrected chi connectivity index (χ3v) is 4.41. The predicted molar refractivity (Wildman–Crippen MR) is 115 cm³/mol. The molecule has 0 spiro atoms. The summed E-state index contributed by atoms with van der Waals surface area (Å²) in [5.74, 6) is 1.30. The number of halogens is 6. The maximum absolute atomic E-state index is 12.2. The van der Waals surface area contributed by atoms with Gasteiger partial charge < -0.3 is 18.9 Å². The molecule has 2 rings (SSSR count). The topological polar surface area (TPSA) is 36.9 Å². The van der Waals surface area contributed by atoms with E-state index in [9.17, 15) is 8.78 Å². The number of benzene rings is 2. The Labute approximate surface area is 193 Å². The summed E-state index contributed by atoms with van der Waals surface area (Å²) < 4.78 is 45.5. The molecule has 0 aromatic heterocycles. The second-order valence-corrected chi connectivity index (χ2v) is 7.60. The smallest absolute Gasteiger partial charge is 0.387 e. The van der Waals surface area contributed by atoms with Crippen molar-refractivity contribution >= 4 is 46.4 Å². The lowest BCUT2D eigenvalue weighted by Crippen LogP contribution is -2.04. The summed E-state index contributed by atoms with van der Waals surface area (Å²) in [6.07, 6.45) is 2.82. The van der Waals surface area contributed by atoms with E-state index < -0.39 is 6.61 Å². The predicted octanol–water partition coefficient (Wildman–Crippen LogP) is 7.53. The molecule has 0 bridgehead atoms. The van der Waals surface area contributed by atoms with Gasteiger partial charge in [0.05, 0.1) is 23.3 Å². The first-order valence-corrected chi connectivity index (χ1v) is 10.3. The van der Waals surface area contributed by atoms with Crippen LogP contribution in [0.25, 0.3) is 0 Å². The van der Waals surface area contributed by atoms with E-state index in [1.165, 1.54) is 18.2 Å². The number of hydrogen-bond donors (Lipinski definition) is 0. The fourth-order valence-electron chi connectivity index (χ4n) is 2.27. The fourth-order valence-corrected chi connectivity index (χ4v) is 2.97. The zero-order valence-electron chi connectivity index (χ0n) is 15.6. The van der Waals surface area contributed by atoms with Crippen molar-refractivity contribution in [3.8, 4) is 23.0 Å². The molecule has 0 N–H and O–H groups in total. The van der Waals surface area contributed by atoms with Crippen LogP contribution in [0.2, 0.25) is 10.0 Å². The molecule has 164 valence electrons. The quantitative estimate of drug-likeness (QED) is 0.281. The molecular formula is C20H18Cl4F2O4. The molecule has 0 aliphatic heterocycles. The molecule has 10 heteroatoms. The van der Waals surface area contributed by atoms with Gasteiger partial charge in [0, 0.05) is 18.2 Å². The van der Waals surface area contributed by atoms with Gasteiger partial charge >= 0.3 is 6.61 Å². The maximum atomic E-state index is 12.2. The second-order valence-electron chi connectivity index (χ2n) is 5.78. The van der Waals surface area contributed by atoms with Crippen LogP contribution in [-0.4, -0.2) is 26.4 Å². The normalized spacial score (nSPS) is 10.6. The van der Waals surface area contributed by atoms with E-state index in [-0.39, 0.29) is 16.8 Å². The number of hydrogen-bond acceptors (Lipinski definition) is 4. The molecule has 0 saturated carbocycles. The van der Waals surface area contributed by atoms with Gasteiger partial charge in [0.2, 0.25) is 0 Å². The minimum absolute atomic E-state index is 0.0457. The minimum Gasteiger partial charge on any atom is -0.493 e. The van der Waals surface area contributed by atoms with Gasteiger partial charge in [0.1, 0.15) is 28.3 Å². The van der Waals surface area contributed by atoms with Gasteiger partial charge in [-0.3, -0.25) is 0 Å². The minimum atomic E-state index is -2.88. The van der Waals surface area contributed by atoms with Crippen LogP contribution >= 0.6 is 46.4 Å². The van der Waals surface area contributed by atoms with E-state index in [0.29, 0.717) is 53.3 Å². The Kier molecular flexibility index (Phi) is 10.6. The first-order chi connectivity index (χ1) is 14.3. The molecular weight excluding hydrogens is 484 g/mol. The molecule has 30 heavy (non-hydrogen) atoms. The molecule has 2 aromatic rings. The number of alkyl halides is 2. The van der Waals surface area contributed by atoms with Gasteiger partial charge in [-0.1, -0.05) is 52.5 Å². The zero-order valence-corrected chi connectivity index (χ0v) is 18.6. The fraction of sp³-hybridized carbons (Fsp3) is 0.300. The van der Waals surface area contributed by atoms with Crippen LogP contribution in [0.3, 0.4) is 0 Å². The monoisotopic (exact) mass is 500 g/mol. The van der Waals surface area contributed by atoms with Crippen LogP contribution in [0.5, 0.6) is 23.0 Å². The van der Waals surface area contributed by atoms with Crippen molar-refractivity contribution in [3.63, 3.8) is 0 Å². The van der Waals surface area contributed by atoms with Crippen molar-refractivity contribution in [1.82, 2.24) is 0 Å². The summed E-state index contributed by atoms with van der Waals surface area (Å²) >= 11 is 23.4. The van der Waals surface area contributed by atoms with Crippen molar-refractivity contribution in [2.45, 2.75) is 19.5 Å². The molecule has 0 heterocycles. The Balaban J connectivity index is 1.73. The summed E-state index contributed by atoms with van der Waals surface area (Å²) in [6.45, 7) is -1.96. The van der Waals surface area contributed by atoms with E-state index >= 15 is 0 Å². The van der Waals surface area contributed by atoms with Gasteiger partial charge in [0.25, 0.3) is 0 Å². The van der Waals surface area contributed by atoms with Crippen LogP contribution in [0, 0.1) is 0 Å². The lowest BCUT2D eigenvalue weighted by molar-refractivity contribution is -0.0499. The SMILES string of the molecule is FC(F)Oc1cccc(OCCCCOc2c(Cl)cc(OCC=C(Cl)Cl)cc2Cl)c1. The van der Waals surface area contributed by atoms with Gasteiger partial charge in [-0.05, 0) is 31.1 Å². The number of ether oxygens (including phenoxy) is 4. The summed E-state index contributed by atoms with van der Waals surface area (Å²) in [6, 6.07) is 9.23. The molecule has 2 aromatic carbocycles. The van der Waals surface area contributed by atoms with E-state index in [1.807, 2.05) is 0 Å². The number of unbranched alkanes of at least 4 members (excludes halogenated alkanes) is 1. The van der Waals surface area contributed by atoms with Crippen molar-refractivity contribution < 1.29 is 27.7 Å². The van der Waals surface area contributed by atoms with Gasteiger partial charge in [-0.25, -0.2) is 0 Å². The van der Waals surface area contributed by atoms with Crippen LogP contribution in [0.15, 0.2) is 47.0 Å². The Morgan fingerprint density at radius 2 is 1.50 bits per heavy atom. The molecule has 0 aliphatic rings. The maximum Gasteiger partial charge on any atom is 0.387 e. The molecule has 0 amide bonds. The summed E-state index contributed by atoms with van der Waals surface area (Å²) in [5, 5.41) is 0.621. The Morgan fingerprint density at radius 3 is 2.13 bits per heavy atom. The van der Waals surface area contributed by atoms with Crippen molar-refractivity contribution in [1.29, 1.82) is 0 Å². The van der Waals surface area contributed by atoms with Crippen molar-refractivity contribution in [2.75, 3.05) is 19.8 Å². The largest absolute Gasteiger partial charge is 0.493 e. The van der Waals surface area contributed by atoms with E-state index in [0.717, 1.165) is 0 Å². The first kappa shape index (κ1) is 24.7. The van der Waals surface area contributed by atoms with E-state index in [1.54, 1.807) is 24.3 Å². The van der Waals surface area contributed by atoms with Crippen LogP contribution in [0.1, 0.15) is 12.8 Å². The highest BCUT2D eigenvalue weighted by molar-refractivity contribution is 6.55. The molecule has 0 aliphatic carbocycles. The lowest BCUT2D eigenvalue weighted by atomic mass is 10.3. The summed E-state index contributed by atoms with van der Waals surface area (Å²) in [5.41, 5.74) is 0. The van der Waals surface area contributed by atoms with Gasteiger partial charge in [0.15, 0.2) is 5.75 Å². The van der Waals surface area contributed by atoms with Crippen molar-refractivity contribution in [3.05, 3.63) is 57.0 Å². The third-order valence-electron chi connectivity index (χ3n) is 3.54. The van der Waals surface area contributed by atoms with Gasteiger partial charge in [-0.15, -0.1) is 0 Å². The summed E-state index contributed by atoms with van der Waals surface area (Å²) in [4.78, 5) is 0. The highest BCUT2D eigenvalue weighted by atomic mass is 35.5. The highest BCUT2D eigenvalue weighted by Crippen LogP contribution is 2.37. The number of rotatable bonds is 12. The molecule has 4 nitrogen and oxygen atoms in total. The molecule has 0 atom stereocenters. The molecule has 0 radical (unpaired) electrons. The third kappa shape index (κ3) is 9.04. The van der Waals surface area contributed by atoms with Crippen molar-refractivity contribution in [2.24, 2.45) is 0 Å². The standard InChI is InChI=1S/C20H18Cl4F2O4/c21-16-11-15(28-9-6-18(23)24)12-17(22)19(16)29-8-2-1-7-27-13-4-3-5-14(10-13)30-20(25)26/h3-6,10-12,20H,1-2,7-9H2. The second kappa shape index (κ2) is 13.0. The Hall–Kier alpha value is -1.60. The van der Waals surface area contributed by atoms with Crippen LogP contribution in [0.4, 0.5) is 8.78 Å². The Bertz CT molecular complexity index is 822. The molecule has 0 unspecified atom stereocenters. The summed E-state index contributed by atoms with van der Waals surface area (Å²) in [7, 11) is 0. The first-order valence-electron chi connectivity index (χ1n) is 8.78. The molecule has 0 fully saturated rings. The zero-order chi connectivity index (χ0) is 21.9. The highest BCUT2D eigenvalue weighted by Gasteiger charge is 2.11. The van der Waals surface area contributed by atoms with Gasteiger partial charge in [-0.2, -0.15) is 8.78 Å². The van der Waals surface area contributed by atoms with Crippen LogP contribution < -0.4 is 18.9 Å².